The maximum Gasteiger partial charge on any atom is 0.416 e. The second-order valence-electron chi connectivity index (χ2n) is 6.42. The number of ether oxygens (including phenoxy) is 1. The molecule has 0 bridgehead atoms. The third kappa shape index (κ3) is 4.49. The zero-order valence-corrected chi connectivity index (χ0v) is 14.9. The predicted molar refractivity (Wildman–Crippen MR) is 86.2 cm³/mol. The second-order valence-corrected chi connectivity index (χ2v) is 6.42. The molecule has 1 aliphatic rings. The lowest BCUT2D eigenvalue weighted by Crippen LogP contribution is -2.39. The number of aromatic nitrogens is 2. The summed E-state index contributed by atoms with van der Waals surface area (Å²) in [4.78, 5) is 24.5. The van der Waals surface area contributed by atoms with Gasteiger partial charge in [-0.1, -0.05) is 0 Å². The SMILES string of the molecule is O=C(O)c1cnn2c1CN(C(=O)OCc1cc(C(F)(F)F)cc(C(F)(F)F)c1)CC2. The summed E-state index contributed by atoms with van der Waals surface area (Å²) in [6.45, 7) is -0.785. The molecule has 0 fully saturated rings. The van der Waals surface area contributed by atoms with E-state index in [1.165, 1.54) is 4.68 Å². The van der Waals surface area contributed by atoms with E-state index < -0.39 is 47.7 Å². The van der Waals surface area contributed by atoms with E-state index in [2.05, 4.69) is 5.10 Å². The van der Waals surface area contributed by atoms with Gasteiger partial charge in [0.15, 0.2) is 0 Å². The smallest absolute Gasteiger partial charge is 0.416 e. The molecule has 2 aromatic rings. The molecule has 7 nitrogen and oxygen atoms in total. The van der Waals surface area contributed by atoms with Gasteiger partial charge in [-0.25, -0.2) is 9.59 Å². The fourth-order valence-corrected chi connectivity index (χ4v) is 2.92. The molecule has 2 heterocycles. The van der Waals surface area contributed by atoms with Crippen LogP contribution in [-0.4, -0.2) is 38.4 Å². The first-order chi connectivity index (χ1) is 13.9. The van der Waals surface area contributed by atoms with Crippen LogP contribution in [0.1, 0.15) is 32.7 Å². The molecular weight excluding hydrogens is 424 g/mol. The number of rotatable bonds is 3. The van der Waals surface area contributed by atoms with Crippen molar-refractivity contribution in [3.63, 3.8) is 0 Å². The number of halogens is 6. The van der Waals surface area contributed by atoms with Crippen LogP contribution < -0.4 is 0 Å². The summed E-state index contributed by atoms with van der Waals surface area (Å²) in [6.07, 6.45) is -9.92. The second kappa shape index (κ2) is 7.54. The topological polar surface area (TPSA) is 84.7 Å². The van der Waals surface area contributed by atoms with Crippen molar-refractivity contribution in [1.29, 1.82) is 0 Å². The largest absolute Gasteiger partial charge is 0.478 e. The van der Waals surface area contributed by atoms with Gasteiger partial charge in [0.2, 0.25) is 0 Å². The van der Waals surface area contributed by atoms with Crippen molar-refractivity contribution < 1.29 is 45.8 Å². The number of nitrogens with zero attached hydrogens (tertiary/aromatic N) is 3. The number of alkyl halides is 6. The molecule has 0 unspecified atom stereocenters. The van der Waals surface area contributed by atoms with Crippen LogP contribution in [0.25, 0.3) is 0 Å². The fraction of sp³-hybridized carbons (Fsp3) is 0.353. The van der Waals surface area contributed by atoms with Crippen molar-refractivity contribution >= 4 is 12.1 Å². The van der Waals surface area contributed by atoms with E-state index in [1.54, 1.807) is 0 Å². The van der Waals surface area contributed by atoms with Gasteiger partial charge in [0.05, 0.1) is 36.1 Å². The van der Waals surface area contributed by atoms with Crippen LogP contribution >= 0.6 is 0 Å². The zero-order valence-electron chi connectivity index (χ0n) is 14.9. The van der Waals surface area contributed by atoms with Crippen LogP contribution in [0.2, 0.25) is 0 Å². The molecule has 1 amide bonds. The summed E-state index contributed by atoms with van der Waals surface area (Å²) in [6, 6.07) is 0.914. The minimum absolute atomic E-state index is 0.0233. The van der Waals surface area contributed by atoms with E-state index in [4.69, 9.17) is 9.84 Å². The first kappa shape index (κ1) is 21.5. The van der Waals surface area contributed by atoms with Crippen molar-refractivity contribution in [3.05, 3.63) is 52.3 Å². The molecular formula is C17H13F6N3O4. The van der Waals surface area contributed by atoms with Gasteiger partial charge < -0.3 is 14.7 Å². The lowest BCUT2D eigenvalue weighted by atomic mass is 10.1. The standard InChI is InChI=1S/C17H13F6N3O4/c18-16(19,20)10-3-9(4-11(5-10)17(21,22)23)8-30-15(29)25-1-2-26-13(7-25)12(6-24-26)14(27)28/h3-6H,1-2,7-8H2,(H,27,28). The molecule has 0 saturated carbocycles. The summed E-state index contributed by atoms with van der Waals surface area (Å²) in [5.74, 6) is -1.25. The monoisotopic (exact) mass is 437 g/mol. The van der Waals surface area contributed by atoms with E-state index in [9.17, 15) is 35.9 Å². The first-order valence-corrected chi connectivity index (χ1v) is 8.34. The number of carbonyl (C=O) groups excluding carboxylic acids is 1. The lowest BCUT2D eigenvalue weighted by molar-refractivity contribution is -0.143. The van der Waals surface area contributed by atoms with Gasteiger partial charge in [-0.05, 0) is 23.8 Å². The van der Waals surface area contributed by atoms with E-state index in [0.717, 1.165) is 11.1 Å². The van der Waals surface area contributed by atoms with Gasteiger partial charge in [0.25, 0.3) is 0 Å². The predicted octanol–water partition coefficient (Wildman–Crippen LogP) is 3.77. The van der Waals surface area contributed by atoms with Gasteiger partial charge in [-0.3, -0.25) is 4.68 Å². The number of hydrogen-bond acceptors (Lipinski definition) is 4. The molecule has 0 radical (unpaired) electrons. The van der Waals surface area contributed by atoms with Crippen LogP contribution in [0.15, 0.2) is 24.4 Å². The van der Waals surface area contributed by atoms with Crippen molar-refractivity contribution in [3.8, 4) is 0 Å². The van der Waals surface area contributed by atoms with E-state index >= 15 is 0 Å². The quantitative estimate of drug-likeness (QED) is 0.740. The van der Waals surface area contributed by atoms with Gasteiger partial charge in [-0.2, -0.15) is 31.4 Å². The summed E-state index contributed by atoms with van der Waals surface area (Å²) in [5, 5.41) is 13.0. The molecule has 1 aromatic heterocycles. The molecule has 0 saturated heterocycles. The van der Waals surface area contributed by atoms with Gasteiger partial charge >= 0.3 is 24.4 Å². The number of amides is 1. The summed E-state index contributed by atoms with van der Waals surface area (Å²) >= 11 is 0. The Kier molecular flexibility index (Phi) is 5.39. The molecule has 0 aliphatic carbocycles. The van der Waals surface area contributed by atoms with Crippen molar-refractivity contribution in [1.82, 2.24) is 14.7 Å². The number of fused-ring (bicyclic) bond motifs is 1. The van der Waals surface area contributed by atoms with Crippen LogP contribution in [0.5, 0.6) is 0 Å². The maximum atomic E-state index is 12.9. The Morgan fingerprint density at radius 2 is 1.63 bits per heavy atom. The average molecular weight is 437 g/mol. The Hall–Kier alpha value is -3.25. The first-order valence-electron chi connectivity index (χ1n) is 8.34. The molecule has 162 valence electrons. The minimum Gasteiger partial charge on any atom is -0.478 e. The normalized spacial score (nSPS) is 14.4. The zero-order chi connectivity index (χ0) is 22.3. The number of carbonyl (C=O) groups is 2. The molecule has 1 aliphatic heterocycles. The Labute approximate surface area is 164 Å². The molecule has 0 spiro atoms. The number of carboxylic acid groups (broad SMARTS) is 1. The average Bonchev–Trinajstić information content (AvgIpc) is 3.08. The highest BCUT2D eigenvalue weighted by Gasteiger charge is 2.37. The number of benzene rings is 1. The van der Waals surface area contributed by atoms with Crippen LogP contribution in [-0.2, 0) is 36.8 Å². The van der Waals surface area contributed by atoms with Crippen LogP contribution in [0, 0.1) is 0 Å². The van der Waals surface area contributed by atoms with Crippen molar-refractivity contribution in [2.45, 2.75) is 32.0 Å². The Bertz CT molecular complexity index is 951. The molecule has 13 heteroatoms. The lowest BCUT2D eigenvalue weighted by Gasteiger charge is -2.27. The van der Waals surface area contributed by atoms with Gasteiger partial charge in [0.1, 0.15) is 12.2 Å². The highest BCUT2D eigenvalue weighted by molar-refractivity contribution is 5.88. The van der Waals surface area contributed by atoms with Crippen molar-refractivity contribution in [2.24, 2.45) is 0 Å². The van der Waals surface area contributed by atoms with Crippen LogP contribution in [0.3, 0.4) is 0 Å². The summed E-state index contributed by atoms with van der Waals surface area (Å²) in [5.41, 5.74) is -3.42. The number of carboxylic acids is 1. The Morgan fingerprint density at radius 1 is 1.03 bits per heavy atom. The highest BCUT2D eigenvalue weighted by Crippen LogP contribution is 2.36. The highest BCUT2D eigenvalue weighted by atomic mass is 19.4. The summed E-state index contributed by atoms with van der Waals surface area (Å²) < 4.78 is 83.7. The van der Waals surface area contributed by atoms with E-state index in [1.807, 2.05) is 0 Å². The third-order valence-corrected chi connectivity index (χ3v) is 4.37. The third-order valence-electron chi connectivity index (χ3n) is 4.37. The van der Waals surface area contributed by atoms with E-state index in [0.29, 0.717) is 12.1 Å². The van der Waals surface area contributed by atoms with E-state index in [-0.39, 0.29) is 37.0 Å². The fourth-order valence-electron chi connectivity index (χ4n) is 2.92. The van der Waals surface area contributed by atoms with Crippen LogP contribution in [0.4, 0.5) is 31.1 Å². The van der Waals surface area contributed by atoms with Gasteiger partial charge in [-0.15, -0.1) is 0 Å². The van der Waals surface area contributed by atoms with Gasteiger partial charge in [0, 0.05) is 6.54 Å². The van der Waals surface area contributed by atoms with Crippen molar-refractivity contribution in [2.75, 3.05) is 6.54 Å². The molecule has 1 N–H and O–H groups in total. The summed E-state index contributed by atoms with van der Waals surface area (Å²) in [7, 11) is 0. The number of hydrogen-bond donors (Lipinski definition) is 1. The molecule has 1 aromatic carbocycles. The molecule has 0 atom stereocenters. The molecule has 3 rings (SSSR count). The number of aromatic carboxylic acids is 1. The maximum absolute atomic E-state index is 12.9. The molecule has 30 heavy (non-hydrogen) atoms. The minimum atomic E-state index is -5.02. The Balaban J connectivity index is 1.74. The Morgan fingerprint density at radius 3 is 2.17 bits per heavy atom.